The van der Waals surface area contributed by atoms with Crippen molar-refractivity contribution in [1.29, 1.82) is 0 Å². The summed E-state index contributed by atoms with van der Waals surface area (Å²) in [5.41, 5.74) is 0.574. The number of amides is 2. The van der Waals surface area contributed by atoms with E-state index in [2.05, 4.69) is 15.6 Å². The summed E-state index contributed by atoms with van der Waals surface area (Å²) in [7, 11) is 3.00. The smallest absolute Gasteiger partial charge is 0.305 e. The van der Waals surface area contributed by atoms with E-state index in [4.69, 9.17) is 9.47 Å². The van der Waals surface area contributed by atoms with E-state index in [1.54, 1.807) is 43.6 Å². The Morgan fingerprint density at radius 1 is 1.14 bits per heavy atom. The molecule has 0 saturated carbocycles. The number of benzene rings is 1. The second-order valence-corrected chi connectivity index (χ2v) is 9.97. The quantitative estimate of drug-likeness (QED) is 0.317. The van der Waals surface area contributed by atoms with Crippen LogP contribution in [0, 0.1) is 5.92 Å². The molecule has 0 radical (unpaired) electrons. The molecule has 0 bridgehead atoms. The molecule has 190 valence electrons. The van der Waals surface area contributed by atoms with E-state index in [9.17, 15) is 24.3 Å². The average Bonchev–Trinajstić information content (AvgIpc) is 3.33. The van der Waals surface area contributed by atoms with Crippen LogP contribution in [0.15, 0.2) is 34.1 Å². The molecule has 35 heavy (non-hydrogen) atoms. The number of aliphatic carboxylic acids is 1. The van der Waals surface area contributed by atoms with Crippen LogP contribution in [0.1, 0.15) is 25.8 Å². The molecule has 0 saturated heterocycles. The average molecular weight is 524 g/mol. The highest BCUT2D eigenvalue weighted by Crippen LogP contribution is 2.24. The van der Waals surface area contributed by atoms with E-state index >= 15 is 0 Å². The molecule has 2 aromatic rings. The number of thioether (sulfide) groups is 1. The number of carboxylic acids is 1. The predicted molar refractivity (Wildman–Crippen MR) is 132 cm³/mol. The number of methoxy groups -OCH3 is 2. The Hall–Kier alpha value is -3.12. The molecule has 0 aliphatic rings. The van der Waals surface area contributed by atoms with Crippen molar-refractivity contribution in [3.05, 3.63) is 35.3 Å². The van der Waals surface area contributed by atoms with Gasteiger partial charge in [0.2, 0.25) is 11.8 Å². The maximum absolute atomic E-state index is 13.0. The molecule has 10 nitrogen and oxygen atoms in total. The number of aromatic nitrogens is 1. The van der Waals surface area contributed by atoms with Gasteiger partial charge in [0.15, 0.2) is 5.78 Å². The summed E-state index contributed by atoms with van der Waals surface area (Å²) < 4.78 is 11.2. The van der Waals surface area contributed by atoms with Gasteiger partial charge in [0.25, 0.3) is 0 Å². The van der Waals surface area contributed by atoms with E-state index in [0.29, 0.717) is 21.4 Å². The molecule has 2 rings (SSSR count). The van der Waals surface area contributed by atoms with Crippen molar-refractivity contribution in [2.24, 2.45) is 5.92 Å². The first-order valence-corrected chi connectivity index (χ1v) is 12.6. The number of nitrogens with zero attached hydrogens (tertiary/aromatic N) is 1. The van der Waals surface area contributed by atoms with Crippen LogP contribution in [0.3, 0.4) is 0 Å². The molecule has 1 heterocycles. The van der Waals surface area contributed by atoms with E-state index < -0.39 is 42.1 Å². The lowest BCUT2D eigenvalue weighted by Crippen LogP contribution is -2.54. The number of ketones is 1. The van der Waals surface area contributed by atoms with Gasteiger partial charge in [0.1, 0.15) is 21.9 Å². The van der Waals surface area contributed by atoms with Gasteiger partial charge in [0.05, 0.1) is 38.9 Å². The van der Waals surface area contributed by atoms with Crippen molar-refractivity contribution < 1.29 is 33.8 Å². The monoisotopic (exact) mass is 523 g/mol. The summed E-state index contributed by atoms with van der Waals surface area (Å²) in [6.07, 6.45) is 0.965. The number of hydrogen-bond acceptors (Lipinski definition) is 9. The normalized spacial score (nSPS) is 12.5. The molecule has 12 heteroatoms. The van der Waals surface area contributed by atoms with Crippen molar-refractivity contribution in [2.75, 3.05) is 20.0 Å². The standard InChI is InChI=1S/C23H29N3O7S2/c1-13(2)21(26-19(28)10-14-9-15(32-3)5-6-18(14)33-4)22(31)25-16(11-20(29)30)17(27)12-35-23-24-7-8-34-23/h5-9,13,16,21H,10-12H2,1-4H3,(H,25,31)(H,26,28)(H,29,30)/t16-,21-/m0/s1. The number of carboxylic acid groups (broad SMARTS) is 1. The number of carbonyl (C=O) groups is 4. The predicted octanol–water partition coefficient (Wildman–Crippen LogP) is 2.16. The van der Waals surface area contributed by atoms with E-state index in [0.717, 1.165) is 0 Å². The molecule has 1 aromatic carbocycles. The Morgan fingerprint density at radius 3 is 2.46 bits per heavy atom. The molecule has 0 unspecified atom stereocenters. The lowest BCUT2D eigenvalue weighted by molar-refractivity contribution is -0.140. The third-order valence-corrected chi connectivity index (χ3v) is 6.92. The fourth-order valence-electron chi connectivity index (χ4n) is 3.15. The first-order valence-electron chi connectivity index (χ1n) is 10.7. The number of nitrogens with one attached hydrogen (secondary N) is 2. The van der Waals surface area contributed by atoms with Gasteiger partial charge < -0.3 is 25.2 Å². The Balaban J connectivity index is 2.08. The van der Waals surface area contributed by atoms with Crippen molar-refractivity contribution in [2.45, 2.75) is 43.1 Å². The molecular formula is C23H29N3O7S2. The topological polar surface area (TPSA) is 144 Å². The Bertz CT molecular complexity index is 1030. The maximum Gasteiger partial charge on any atom is 0.305 e. The van der Waals surface area contributed by atoms with E-state index in [1.807, 2.05) is 0 Å². The number of carbonyl (C=O) groups excluding carboxylic acids is 3. The Morgan fingerprint density at radius 2 is 1.89 bits per heavy atom. The molecule has 2 amide bonds. The van der Waals surface area contributed by atoms with Gasteiger partial charge in [-0.2, -0.15) is 0 Å². The zero-order chi connectivity index (χ0) is 26.0. The molecule has 3 N–H and O–H groups in total. The Kier molecular flexibility index (Phi) is 11.0. The van der Waals surface area contributed by atoms with Gasteiger partial charge in [0, 0.05) is 17.1 Å². The number of Topliss-reactive ketones (excluding diaryl/α,β-unsaturated/α-hetero) is 1. The number of rotatable bonds is 14. The van der Waals surface area contributed by atoms with Crippen LogP contribution in [-0.2, 0) is 25.6 Å². The van der Waals surface area contributed by atoms with Crippen molar-refractivity contribution in [3.8, 4) is 11.5 Å². The van der Waals surface area contributed by atoms with Crippen LogP contribution >= 0.6 is 23.1 Å². The zero-order valence-corrected chi connectivity index (χ0v) is 21.5. The van der Waals surface area contributed by atoms with Crippen LogP contribution < -0.4 is 20.1 Å². The fourth-order valence-corrected chi connectivity index (χ4v) is 4.73. The second kappa shape index (κ2) is 13.7. The molecule has 0 aliphatic carbocycles. The summed E-state index contributed by atoms with van der Waals surface area (Å²) >= 11 is 2.53. The van der Waals surface area contributed by atoms with Gasteiger partial charge >= 0.3 is 5.97 Å². The van der Waals surface area contributed by atoms with E-state index in [1.165, 1.54) is 37.3 Å². The summed E-state index contributed by atoms with van der Waals surface area (Å²) in [6.45, 7) is 3.48. The van der Waals surface area contributed by atoms with Gasteiger partial charge in [-0.05, 0) is 24.1 Å². The Labute approximate surface area is 211 Å². The molecule has 0 spiro atoms. The van der Waals surface area contributed by atoms with Gasteiger partial charge in [-0.25, -0.2) is 4.98 Å². The van der Waals surface area contributed by atoms with Crippen LogP contribution in [0.4, 0.5) is 0 Å². The minimum atomic E-state index is -1.23. The number of thiazole rings is 1. The van der Waals surface area contributed by atoms with Gasteiger partial charge in [-0.15, -0.1) is 11.3 Å². The summed E-state index contributed by atoms with van der Waals surface area (Å²) in [6, 6.07) is 2.85. The summed E-state index contributed by atoms with van der Waals surface area (Å²) in [5.74, 6) is -2.06. The maximum atomic E-state index is 13.0. The highest BCUT2D eigenvalue weighted by atomic mass is 32.2. The van der Waals surface area contributed by atoms with Crippen molar-refractivity contribution in [3.63, 3.8) is 0 Å². The molecular weight excluding hydrogens is 494 g/mol. The third-order valence-electron chi connectivity index (χ3n) is 4.94. The van der Waals surface area contributed by atoms with Gasteiger partial charge in [-0.3, -0.25) is 19.2 Å². The summed E-state index contributed by atoms with van der Waals surface area (Å²) in [5, 5.41) is 16.2. The highest BCUT2D eigenvalue weighted by molar-refractivity contribution is 8.01. The number of hydrogen-bond donors (Lipinski definition) is 3. The lowest BCUT2D eigenvalue weighted by Gasteiger charge is -2.24. The molecule has 2 atom stereocenters. The van der Waals surface area contributed by atoms with E-state index in [-0.39, 0.29) is 18.1 Å². The van der Waals surface area contributed by atoms with Gasteiger partial charge in [-0.1, -0.05) is 25.6 Å². The van der Waals surface area contributed by atoms with Crippen LogP contribution in [-0.4, -0.2) is 65.7 Å². The third kappa shape index (κ3) is 8.87. The highest BCUT2D eigenvalue weighted by Gasteiger charge is 2.30. The minimum Gasteiger partial charge on any atom is -0.497 e. The fraction of sp³-hybridized carbons (Fsp3) is 0.435. The van der Waals surface area contributed by atoms with Crippen LogP contribution in [0.5, 0.6) is 11.5 Å². The molecule has 1 aromatic heterocycles. The zero-order valence-electron chi connectivity index (χ0n) is 19.9. The summed E-state index contributed by atoms with van der Waals surface area (Å²) in [4.78, 5) is 53.8. The SMILES string of the molecule is COc1ccc(OC)c(CC(=O)N[C@H](C(=O)N[C@@H](CC(=O)O)C(=O)CSc2nccs2)C(C)C)c1. The van der Waals surface area contributed by atoms with Crippen LogP contribution in [0.25, 0.3) is 0 Å². The van der Waals surface area contributed by atoms with Crippen LogP contribution in [0.2, 0.25) is 0 Å². The molecule has 0 fully saturated rings. The van der Waals surface area contributed by atoms with Crippen molar-refractivity contribution in [1.82, 2.24) is 15.6 Å². The lowest BCUT2D eigenvalue weighted by atomic mass is 10.0. The van der Waals surface area contributed by atoms with Crippen molar-refractivity contribution >= 4 is 46.7 Å². The minimum absolute atomic E-state index is 0.0416. The largest absolute Gasteiger partial charge is 0.497 e. The first kappa shape index (κ1) is 28.1. The number of ether oxygens (including phenoxy) is 2. The molecule has 0 aliphatic heterocycles. The first-order chi connectivity index (χ1) is 16.6. The second-order valence-electron chi connectivity index (χ2n) is 7.86.